The van der Waals surface area contributed by atoms with Gasteiger partial charge in [0.05, 0.1) is 23.6 Å². The molecule has 1 aromatic rings. The molecule has 0 saturated carbocycles. The summed E-state index contributed by atoms with van der Waals surface area (Å²) in [4.78, 5) is 5.15. The van der Waals surface area contributed by atoms with Crippen LogP contribution in [0.5, 0.6) is 0 Å². The number of hydrogen-bond acceptors (Lipinski definition) is 4. The van der Waals surface area contributed by atoms with Gasteiger partial charge in [-0.25, -0.2) is 0 Å². The number of nitrogens with zero attached hydrogens (tertiary/aromatic N) is 1. The Bertz CT molecular complexity index is 189. The van der Waals surface area contributed by atoms with Gasteiger partial charge in [-0.3, -0.25) is 4.98 Å². The van der Waals surface area contributed by atoms with Gasteiger partial charge in [-0.2, -0.15) is 0 Å². The Balaban J connectivity index is 1.96. The number of rotatable bonds is 6. The zero-order chi connectivity index (χ0) is 8.65. The Morgan fingerprint density at radius 2 is 2.58 bits per heavy atom. The van der Waals surface area contributed by atoms with Crippen LogP contribution in [-0.4, -0.2) is 24.7 Å². The highest BCUT2D eigenvalue weighted by atomic mass is 32.1. The van der Waals surface area contributed by atoms with Gasteiger partial charge in [0.15, 0.2) is 0 Å². The predicted octanol–water partition coefficient (Wildman–Crippen LogP) is 1.27. The third kappa shape index (κ3) is 3.80. The Labute approximate surface area is 76.8 Å². The molecular weight excluding hydrogens is 172 g/mol. The van der Waals surface area contributed by atoms with E-state index in [0.29, 0.717) is 6.61 Å². The van der Waals surface area contributed by atoms with Crippen molar-refractivity contribution in [2.45, 2.75) is 13.5 Å². The van der Waals surface area contributed by atoms with Gasteiger partial charge < -0.3 is 10.1 Å². The zero-order valence-corrected chi connectivity index (χ0v) is 8.06. The Morgan fingerprint density at radius 3 is 3.25 bits per heavy atom. The summed E-state index contributed by atoms with van der Waals surface area (Å²) in [7, 11) is 0. The predicted molar refractivity (Wildman–Crippen MR) is 50.3 cm³/mol. The molecular formula is C8H14N2OS. The quantitative estimate of drug-likeness (QED) is 0.679. The third-order valence-corrected chi connectivity index (χ3v) is 2.15. The fourth-order valence-corrected chi connectivity index (χ4v) is 1.34. The van der Waals surface area contributed by atoms with Gasteiger partial charge in [-0.1, -0.05) is 6.92 Å². The van der Waals surface area contributed by atoms with E-state index in [1.807, 2.05) is 11.7 Å². The first-order valence-corrected chi connectivity index (χ1v) is 4.97. The minimum atomic E-state index is 0.691. The SMILES string of the molecule is CCNCCOCc1cncs1. The number of aromatic nitrogens is 1. The molecule has 0 bridgehead atoms. The van der Waals surface area contributed by atoms with Crippen LogP contribution >= 0.6 is 11.3 Å². The van der Waals surface area contributed by atoms with Crippen molar-refractivity contribution in [3.05, 3.63) is 16.6 Å². The van der Waals surface area contributed by atoms with Gasteiger partial charge in [0.2, 0.25) is 0 Å². The fourth-order valence-electron chi connectivity index (χ4n) is 0.807. The third-order valence-electron chi connectivity index (χ3n) is 1.40. The molecule has 0 saturated heterocycles. The molecule has 0 aliphatic heterocycles. The number of thiazole rings is 1. The summed E-state index contributed by atoms with van der Waals surface area (Å²) < 4.78 is 5.39. The van der Waals surface area contributed by atoms with Gasteiger partial charge in [0.1, 0.15) is 0 Å². The van der Waals surface area contributed by atoms with E-state index in [4.69, 9.17) is 4.74 Å². The maximum Gasteiger partial charge on any atom is 0.0826 e. The Hall–Kier alpha value is -0.450. The van der Waals surface area contributed by atoms with Crippen molar-refractivity contribution in [3.63, 3.8) is 0 Å². The maximum absolute atomic E-state index is 5.39. The molecule has 0 unspecified atom stereocenters. The lowest BCUT2D eigenvalue weighted by Crippen LogP contribution is -2.18. The van der Waals surface area contributed by atoms with Crippen molar-refractivity contribution in [2.75, 3.05) is 19.7 Å². The van der Waals surface area contributed by atoms with E-state index < -0.39 is 0 Å². The first-order valence-electron chi connectivity index (χ1n) is 4.09. The molecule has 1 heterocycles. The average molecular weight is 186 g/mol. The van der Waals surface area contributed by atoms with Crippen molar-refractivity contribution in [2.24, 2.45) is 0 Å². The highest BCUT2D eigenvalue weighted by molar-refractivity contribution is 7.09. The van der Waals surface area contributed by atoms with Crippen LogP contribution in [-0.2, 0) is 11.3 Å². The minimum Gasteiger partial charge on any atom is -0.375 e. The van der Waals surface area contributed by atoms with E-state index in [9.17, 15) is 0 Å². The van der Waals surface area contributed by atoms with E-state index in [2.05, 4.69) is 17.2 Å². The van der Waals surface area contributed by atoms with Crippen molar-refractivity contribution in [1.82, 2.24) is 10.3 Å². The highest BCUT2D eigenvalue weighted by Gasteiger charge is 1.93. The summed E-state index contributed by atoms with van der Waals surface area (Å²) >= 11 is 1.63. The second-order valence-electron chi connectivity index (χ2n) is 2.37. The van der Waals surface area contributed by atoms with Crippen LogP contribution in [0.15, 0.2) is 11.7 Å². The molecule has 1 N–H and O–H groups in total. The van der Waals surface area contributed by atoms with Gasteiger partial charge >= 0.3 is 0 Å². The van der Waals surface area contributed by atoms with Crippen LogP contribution in [0.1, 0.15) is 11.8 Å². The molecule has 0 fully saturated rings. The van der Waals surface area contributed by atoms with E-state index in [-0.39, 0.29) is 0 Å². The van der Waals surface area contributed by atoms with Gasteiger partial charge in [-0.15, -0.1) is 11.3 Å². The number of nitrogens with one attached hydrogen (secondary N) is 1. The minimum absolute atomic E-state index is 0.691. The van der Waals surface area contributed by atoms with Crippen molar-refractivity contribution >= 4 is 11.3 Å². The molecule has 0 amide bonds. The van der Waals surface area contributed by atoms with E-state index in [0.717, 1.165) is 19.7 Å². The molecule has 0 aromatic carbocycles. The van der Waals surface area contributed by atoms with Crippen molar-refractivity contribution < 1.29 is 4.74 Å². The van der Waals surface area contributed by atoms with Gasteiger partial charge in [0.25, 0.3) is 0 Å². The lowest BCUT2D eigenvalue weighted by Gasteiger charge is -2.01. The zero-order valence-electron chi connectivity index (χ0n) is 7.25. The van der Waals surface area contributed by atoms with Crippen molar-refractivity contribution in [1.29, 1.82) is 0 Å². The Morgan fingerprint density at radius 1 is 1.67 bits per heavy atom. The van der Waals surface area contributed by atoms with Crippen LogP contribution < -0.4 is 5.32 Å². The molecule has 0 aliphatic carbocycles. The topological polar surface area (TPSA) is 34.1 Å². The van der Waals surface area contributed by atoms with Crippen molar-refractivity contribution in [3.8, 4) is 0 Å². The van der Waals surface area contributed by atoms with E-state index in [1.165, 1.54) is 4.88 Å². The van der Waals surface area contributed by atoms with Gasteiger partial charge in [0, 0.05) is 12.7 Å². The molecule has 1 rings (SSSR count). The largest absolute Gasteiger partial charge is 0.375 e. The standard InChI is InChI=1S/C8H14N2OS/c1-2-9-3-4-11-6-8-5-10-7-12-8/h5,7,9H,2-4,6H2,1H3. The first-order chi connectivity index (χ1) is 5.93. The molecule has 0 aliphatic rings. The smallest absolute Gasteiger partial charge is 0.0826 e. The van der Waals surface area contributed by atoms with Gasteiger partial charge in [-0.05, 0) is 6.54 Å². The summed E-state index contributed by atoms with van der Waals surface area (Å²) in [6.45, 7) is 5.48. The number of ether oxygens (including phenoxy) is 1. The van der Waals surface area contributed by atoms with Crippen LogP contribution in [0.3, 0.4) is 0 Å². The first kappa shape index (κ1) is 9.64. The lowest BCUT2D eigenvalue weighted by atomic mass is 10.6. The number of hydrogen-bond donors (Lipinski definition) is 1. The molecule has 68 valence electrons. The van der Waals surface area contributed by atoms with E-state index in [1.54, 1.807) is 11.3 Å². The molecule has 0 spiro atoms. The van der Waals surface area contributed by atoms with E-state index >= 15 is 0 Å². The molecule has 1 aromatic heterocycles. The summed E-state index contributed by atoms with van der Waals surface area (Å²) in [5.41, 5.74) is 1.82. The molecule has 0 radical (unpaired) electrons. The summed E-state index contributed by atoms with van der Waals surface area (Å²) in [6, 6.07) is 0. The number of likely N-dealkylation sites (N-methyl/N-ethyl adjacent to an activating group) is 1. The second-order valence-corrected chi connectivity index (χ2v) is 3.34. The molecule has 0 atom stereocenters. The van der Waals surface area contributed by atoms with Crippen LogP contribution in [0.2, 0.25) is 0 Å². The fraction of sp³-hybridized carbons (Fsp3) is 0.625. The summed E-state index contributed by atoms with van der Waals surface area (Å²) in [6.07, 6.45) is 1.85. The summed E-state index contributed by atoms with van der Waals surface area (Å²) in [5, 5.41) is 3.19. The normalized spacial score (nSPS) is 10.4. The summed E-state index contributed by atoms with van der Waals surface area (Å²) in [5.74, 6) is 0. The van der Waals surface area contributed by atoms with Crippen LogP contribution in [0, 0.1) is 0 Å². The average Bonchev–Trinajstić information content (AvgIpc) is 2.57. The molecule has 3 nitrogen and oxygen atoms in total. The monoisotopic (exact) mass is 186 g/mol. The highest BCUT2D eigenvalue weighted by Crippen LogP contribution is 2.05. The lowest BCUT2D eigenvalue weighted by molar-refractivity contribution is 0.125. The molecule has 4 heteroatoms. The van der Waals surface area contributed by atoms with Crippen LogP contribution in [0.25, 0.3) is 0 Å². The Kier molecular flexibility index (Phi) is 4.91. The van der Waals surface area contributed by atoms with Crippen LogP contribution in [0.4, 0.5) is 0 Å². The maximum atomic E-state index is 5.39. The molecule has 12 heavy (non-hydrogen) atoms. The second kappa shape index (κ2) is 6.11.